The fourth-order valence-electron chi connectivity index (χ4n) is 6.40. The third kappa shape index (κ3) is 8.39. The number of piperidine rings is 1. The van der Waals surface area contributed by atoms with Crippen molar-refractivity contribution in [3.05, 3.63) is 105 Å². The lowest BCUT2D eigenvalue weighted by Crippen LogP contribution is -2.54. The van der Waals surface area contributed by atoms with E-state index in [-0.39, 0.29) is 24.4 Å². The van der Waals surface area contributed by atoms with E-state index in [0.717, 1.165) is 62.0 Å². The Morgan fingerprint density at radius 3 is 2.28 bits per heavy atom. The molecule has 8 heteroatoms. The Morgan fingerprint density at radius 1 is 0.860 bits per heavy atom. The molecule has 0 radical (unpaired) electrons. The topological polar surface area (TPSA) is 55.9 Å². The number of amides is 2. The minimum atomic E-state index is -0.306. The predicted octanol–water partition coefficient (Wildman–Crippen LogP) is 6.32. The van der Waals surface area contributed by atoms with Crippen molar-refractivity contribution >= 4 is 35.0 Å². The number of hydrogen-bond donors (Lipinski definition) is 1. The number of carbonyl (C=O) groups is 2. The molecule has 2 aliphatic rings. The number of piperazine rings is 1. The smallest absolute Gasteiger partial charge is 0.254 e. The van der Waals surface area contributed by atoms with Crippen LogP contribution in [-0.4, -0.2) is 78.4 Å². The molecule has 1 N–H and O–H groups in total. The summed E-state index contributed by atoms with van der Waals surface area (Å²) in [4.78, 5) is 33.5. The normalized spacial score (nSPS) is 18.2. The molecule has 2 heterocycles. The molecule has 0 aliphatic carbocycles. The molecule has 2 amide bonds. The first-order valence-corrected chi connectivity index (χ1v) is 16.1. The first kappa shape index (κ1) is 31.5. The maximum Gasteiger partial charge on any atom is 0.254 e. The zero-order valence-electron chi connectivity index (χ0n) is 25.2. The van der Waals surface area contributed by atoms with Gasteiger partial charge in [-0.05, 0) is 94.6 Å². The average Bonchev–Trinajstić information content (AvgIpc) is 3.01. The van der Waals surface area contributed by atoms with Crippen molar-refractivity contribution < 1.29 is 9.59 Å². The SMILES string of the molecule is Cc1cc(C)cc(C(=O)N2CCN(C(=O)CNC3CCN(CCCc4ccccc4)CC3)C(c3ccc(Cl)c(Cl)c3)C2)c1. The highest BCUT2D eigenvalue weighted by Crippen LogP contribution is 2.31. The monoisotopic (exact) mass is 620 g/mol. The number of halogens is 2. The lowest BCUT2D eigenvalue weighted by molar-refractivity contribution is -0.135. The Balaban J connectivity index is 1.17. The second-order valence-corrected chi connectivity index (χ2v) is 12.8. The second kappa shape index (κ2) is 14.7. The van der Waals surface area contributed by atoms with Gasteiger partial charge in [-0.3, -0.25) is 9.59 Å². The molecule has 228 valence electrons. The Kier molecular flexibility index (Phi) is 10.8. The second-order valence-electron chi connectivity index (χ2n) is 12.0. The number of nitrogens with one attached hydrogen (secondary N) is 1. The summed E-state index contributed by atoms with van der Waals surface area (Å²) in [7, 11) is 0. The third-order valence-corrected chi connectivity index (χ3v) is 9.44. The van der Waals surface area contributed by atoms with Gasteiger partial charge in [-0.15, -0.1) is 0 Å². The summed E-state index contributed by atoms with van der Waals surface area (Å²) in [6.07, 6.45) is 4.34. The van der Waals surface area contributed by atoms with Crippen LogP contribution in [0.5, 0.6) is 0 Å². The Hall–Kier alpha value is -2.90. The van der Waals surface area contributed by atoms with E-state index in [0.29, 0.717) is 41.3 Å². The van der Waals surface area contributed by atoms with Crippen LogP contribution in [0.2, 0.25) is 10.0 Å². The summed E-state index contributed by atoms with van der Waals surface area (Å²) in [5.74, 6) is 0.0254. The van der Waals surface area contributed by atoms with Crippen LogP contribution in [0.15, 0.2) is 66.7 Å². The molecule has 0 spiro atoms. The fourth-order valence-corrected chi connectivity index (χ4v) is 6.70. The van der Waals surface area contributed by atoms with E-state index in [1.54, 1.807) is 6.07 Å². The summed E-state index contributed by atoms with van der Waals surface area (Å²) in [6, 6.07) is 22.1. The van der Waals surface area contributed by atoms with E-state index < -0.39 is 0 Å². The first-order chi connectivity index (χ1) is 20.8. The molecule has 1 unspecified atom stereocenters. The van der Waals surface area contributed by atoms with Crippen molar-refractivity contribution in [3.63, 3.8) is 0 Å². The number of likely N-dealkylation sites (tertiary alicyclic amines) is 1. The van der Waals surface area contributed by atoms with Gasteiger partial charge in [-0.1, -0.05) is 76.8 Å². The molecule has 6 nitrogen and oxygen atoms in total. The average molecular weight is 622 g/mol. The quantitative estimate of drug-likeness (QED) is 0.304. The molecule has 1 atom stereocenters. The molecule has 3 aromatic carbocycles. The van der Waals surface area contributed by atoms with Crippen molar-refractivity contribution in [2.24, 2.45) is 0 Å². The number of hydrogen-bond acceptors (Lipinski definition) is 4. The first-order valence-electron chi connectivity index (χ1n) is 15.4. The summed E-state index contributed by atoms with van der Waals surface area (Å²) in [5.41, 5.74) is 5.07. The zero-order valence-corrected chi connectivity index (χ0v) is 26.7. The van der Waals surface area contributed by atoms with Crippen molar-refractivity contribution in [1.82, 2.24) is 20.0 Å². The molecule has 2 aliphatic heterocycles. The van der Waals surface area contributed by atoms with Crippen LogP contribution < -0.4 is 5.32 Å². The fraction of sp³-hybridized carbons (Fsp3) is 0.429. The van der Waals surface area contributed by atoms with Crippen molar-refractivity contribution in [1.29, 1.82) is 0 Å². The highest BCUT2D eigenvalue weighted by atomic mass is 35.5. The maximum absolute atomic E-state index is 13.6. The van der Waals surface area contributed by atoms with Gasteiger partial charge in [0.05, 0.1) is 22.6 Å². The molecule has 5 rings (SSSR count). The van der Waals surface area contributed by atoms with E-state index in [9.17, 15) is 9.59 Å². The largest absolute Gasteiger partial charge is 0.334 e. The van der Waals surface area contributed by atoms with Gasteiger partial charge in [-0.25, -0.2) is 0 Å². The van der Waals surface area contributed by atoms with Crippen LogP contribution in [0.25, 0.3) is 0 Å². The standard InChI is InChI=1S/C35H42Cl2N4O2/c1-25-19-26(2)21-29(20-25)35(43)40-17-18-41(33(24-40)28-10-11-31(36)32(37)22-28)34(42)23-38-30-12-15-39(16-13-30)14-6-9-27-7-4-3-5-8-27/h3-5,7-8,10-11,19-22,30,33,38H,6,9,12-18,23-24H2,1-2H3. The summed E-state index contributed by atoms with van der Waals surface area (Å²) in [5, 5.41) is 4.45. The van der Waals surface area contributed by atoms with E-state index in [1.165, 1.54) is 5.56 Å². The van der Waals surface area contributed by atoms with Gasteiger partial charge in [0.25, 0.3) is 5.91 Å². The van der Waals surface area contributed by atoms with Gasteiger partial charge in [0, 0.05) is 31.2 Å². The van der Waals surface area contributed by atoms with Gasteiger partial charge in [0.15, 0.2) is 0 Å². The van der Waals surface area contributed by atoms with Gasteiger partial charge < -0.3 is 20.0 Å². The van der Waals surface area contributed by atoms with E-state index in [4.69, 9.17) is 23.2 Å². The van der Waals surface area contributed by atoms with Gasteiger partial charge in [0.2, 0.25) is 5.91 Å². The predicted molar refractivity (Wildman–Crippen MR) is 175 cm³/mol. The Bertz CT molecular complexity index is 1390. The highest BCUT2D eigenvalue weighted by molar-refractivity contribution is 6.42. The van der Waals surface area contributed by atoms with E-state index >= 15 is 0 Å². The van der Waals surface area contributed by atoms with E-state index in [1.807, 2.05) is 47.9 Å². The van der Waals surface area contributed by atoms with Crippen LogP contribution in [0.3, 0.4) is 0 Å². The molecule has 0 saturated carbocycles. The number of benzene rings is 3. The van der Waals surface area contributed by atoms with Crippen LogP contribution in [0.4, 0.5) is 0 Å². The summed E-state index contributed by atoms with van der Waals surface area (Å²) < 4.78 is 0. The van der Waals surface area contributed by atoms with Crippen molar-refractivity contribution in [2.75, 3.05) is 45.8 Å². The van der Waals surface area contributed by atoms with Gasteiger partial charge in [-0.2, -0.15) is 0 Å². The van der Waals surface area contributed by atoms with Crippen LogP contribution >= 0.6 is 23.2 Å². The lowest BCUT2D eigenvalue weighted by Gasteiger charge is -2.42. The van der Waals surface area contributed by atoms with Crippen LogP contribution in [-0.2, 0) is 11.2 Å². The van der Waals surface area contributed by atoms with Gasteiger partial charge in [0.1, 0.15) is 0 Å². The Morgan fingerprint density at radius 2 is 1.58 bits per heavy atom. The number of rotatable bonds is 9. The van der Waals surface area contributed by atoms with E-state index in [2.05, 4.69) is 46.6 Å². The lowest BCUT2D eigenvalue weighted by atomic mass is 10.00. The van der Waals surface area contributed by atoms with Crippen LogP contribution in [0, 0.1) is 13.8 Å². The molecular formula is C35H42Cl2N4O2. The minimum absolute atomic E-state index is 0.0161. The molecule has 3 aromatic rings. The molecule has 0 aromatic heterocycles. The molecule has 2 fully saturated rings. The summed E-state index contributed by atoms with van der Waals surface area (Å²) in [6.45, 7) is 8.83. The number of nitrogens with zero attached hydrogens (tertiary/aromatic N) is 3. The zero-order chi connectivity index (χ0) is 30.3. The Labute approximate surface area is 265 Å². The van der Waals surface area contributed by atoms with Crippen molar-refractivity contribution in [2.45, 2.75) is 51.6 Å². The summed E-state index contributed by atoms with van der Waals surface area (Å²) >= 11 is 12.6. The third-order valence-electron chi connectivity index (χ3n) is 8.70. The van der Waals surface area contributed by atoms with Gasteiger partial charge >= 0.3 is 0 Å². The number of aryl methyl sites for hydroxylation is 3. The molecule has 0 bridgehead atoms. The van der Waals surface area contributed by atoms with Crippen molar-refractivity contribution in [3.8, 4) is 0 Å². The number of carbonyl (C=O) groups excluding carboxylic acids is 2. The maximum atomic E-state index is 13.6. The highest BCUT2D eigenvalue weighted by Gasteiger charge is 2.34. The molecule has 43 heavy (non-hydrogen) atoms. The molecule has 2 saturated heterocycles. The molecular weight excluding hydrogens is 579 g/mol. The minimum Gasteiger partial charge on any atom is -0.334 e. The van der Waals surface area contributed by atoms with Crippen LogP contribution in [0.1, 0.15) is 57.9 Å².